The van der Waals surface area contributed by atoms with Crippen LogP contribution in [0.25, 0.3) is 6.08 Å². The average molecular weight is 544 g/mol. The van der Waals surface area contributed by atoms with E-state index >= 15 is 0 Å². The highest BCUT2D eigenvalue weighted by Gasteiger charge is 2.31. The van der Waals surface area contributed by atoms with Gasteiger partial charge in [-0.25, -0.2) is 0 Å². The first-order valence-corrected chi connectivity index (χ1v) is 11.0. The summed E-state index contributed by atoms with van der Waals surface area (Å²) in [7, 11) is 1.51. The van der Waals surface area contributed by atoms with E-state index in [1.807, 2.05) is 4.90 Å². The second-order valence-electron chi connectivity index (χ2n) is 6.99. The van der Waals surface area contributed by atoms with Crippen molar-refractivity contribution in [2.45, 2.75) is 6.18 Å². The summed E-state index contributed by atoms with van der Waals surface area (Å²) in [5.41, 5.74) is 0.526. The van der Waals surface area contributed by atoms with Gasteiger partial charge in [-0.2, -0.15) is 13.2 Å². The van der Waals surface area contributed by atoms with Gasteiger partial charge in [-0.3, -0.25) is 10.1 Å². The maximum Gasteiger partial charge on any atom is 0.416 e. The van der Waals surface area contributed by atoms with Gasteiger partial charge in [-0.1, -0.05) is 15.9 Å². The number of hydrogen-bond donors (Lipinski definition) is 2. The van der Waals surface area contributed by atoms with Crippen LogP contribution >= 0.6 is 28.1 Å². The van der Waals surface area contributed by atoms with Crippen LogP contribution in [-0.2, 0) is 15.7 Å². The Morgan fingerprint density at radius 3 is 2.61 bits per heavy atom. The standard InChI is InChI=1S/C22H21BrF3N3O3S/c1-31-19-6-4-16(23)12-14(19)2-7-20(30)28-21(33)27-17-13-15(22(24,25)26)3-5-18(17)29-8-10-32-11-9-29/h2-7,12-13H,8-11H2,1H3,(H2,27,28,30,33)/b7-2+. The van der Waals surface area contributed by atoms with Gasteiger partial charge in [0.25, 0.3) is 0 Å². The predicted octanol–water partition coefficient (Wildman–Crippen LogP) is 4.84. The van der Waals surface area contributed by atoms with Gasteiger partial charge >= 0.3 is 6.18 Å². The SMILES string of the molecule is COc1ccc(Br)cc1/C=C/C(=O)NC(=S)Nc1cc(C(F)(F)F)ccc1N1CCOCC1. The van der Waals surface area contributed by atoms with Crippen LogP contribution in [0, 0.1) is 0 Å². The van der Waals surface area contributed by atoms with Gasteiger partial charge in [0.15, 0.2) is 5.11 Å². The number of halogens is 4. The molecule has 1 amide bonds. The van der Waals surface area contributed by atoms with Gasteiger partial charge in [0.05, 0.1) is 37.3 Å². The molecule has 1 aliphatic heterocycles. The highest BCUT2D eigenvalue weighted by molar-refractivity contribution is 9.10. The normalized spacial score (nSPS) is 14.3. The number of nitrogens with one attached hydrogen (secondary N) is 2. The Morgan fingerprint density at radius 2 is 1.94 bits per heavy atom. The molecule has 2 N–H and O–H groups in total. The molecule has 2 aromatic rings. The predicted molar refractivity (Wildman–Crippen MR) is 129 cm³/mol. The molecule has 0 saturated carbocycles. The summed E-state index contributed by atoms with van der Waals surface area (Å²) in [6, 6.07) is 8.71. The van der Waals surface area contributed by atoms with Crippen LogP contribution in [0.3, 0.4) is 0 Å². The molecule has 0 unspecified atom stereocenters. The number of ether oxygens (including phenoxy) is 2. The molecular weight excluding hydrogens is 523 g/mol. The van der Waals surface area contributed by atoms with E-state index in [2.05, 4.69) is 26.6 Å². The highest BCUT2D eigenvalue weighted by atomic mass is 79.9. The topological polar surface area (TPSA) is 62.8 Å². The lowest BCUT2D eigenvalue weighted by molar-refractivity contribution is -0.137. The fraction of sp³-hybridized carbons (Fsp3) is 0.273. The third kappa shape index (κ3) is 6.92. The van der Waals surface area contributed by atoms with Gasteiger partial charge in [-0.15, -0.1) is 0 Å². The second kappa shape index (κ2) is 11.0. The molecule has 11 heteroatoms. The molecule has 1 heterocycles. The largest absolute Gasteiger partial charge is 0.496 e. The quantitative estimate of drug-likeness (QED) is 0.415. The Labute approximate surface area is 202 Å². The van der Waals surface area contributed by atoms with Crippen LogP contribution in [-0.4, -0.2) is 44.4 Å². The van der Waals surface area contributed by atoms with Crippen molar-refractivity contribution in [3.8, 4) is 5.75 Å². The third-order valence-corrected chi connectivity index (χ3v) is 5.46. The van der Waals surface area contributed by atoms with E-state index in [1.54, 1.807) is 24.3 Å². The zero-order valence-corrected chi connectivity index (χ0v) is 19.9. The lowest BCUT2D eigenvalue weighted by Gasteiger charge is -2.31. The zero-order chi connectivity index (χ0) is 24.0. The maximum atomic E-state index is 13.3. The number of morpholine rings is 1. The van der Waals surface area contributed by atoms with Crippen LogP contribution in [0.1, 0.15) is 11.1 Å². The number of thiocarbonyl (C=S) groups is 1. The molecule has 33 heavy (non-hydrogen) atoms. The van der Waals surface area contributed by atoms with Crippen LogP contribution in [0.2, 0.25) is 0 Å². The molecule has 0 radical (unpaired) electrons. The van der Waals surface area contributed by atoms with Crippen molar-refractivity contribution < 1.29 is 27.4 Å². The molecule has 0 aromatic heterocycles. The van der Waals surface area contributed by atoms with E-state index in [0.29, 0.717) is 43.3 Å². The summed E-state index contributed by atoms with van der Waals surface area (Å²) < 4.78 is 51.1. The zero-order valence-electron chi connectivity index (χ0n) is 17.5. The molecule has 6 nitrogen and oxygen atoms in total. The number of anilines is 2. The summed E-state index contributed by atoms with van der Waals surface area (Å²) in [6.45, 7) is 1.98. The number of nitrogens with zero attached hydrogens (tertiary/aromatic N) is 1. The molecule has 1 saturated heterocycles. The van der Waals surface area contributed by atoms with Crippen molar-refractivity contribution >= 4 is 56.6 Å². The highest BCUT2D eigenvalue weighted by Crippen LogP contribution is 2.35. The minimum absolute atomic E-state index is 0.125. The van der Waals surface area contributed by atoms with E-state index in [9.17, 15) is 18.0 Å². The lowest BCUT2D eigenvalue weighted by Crippen LogP contribution is -2.38. The molecule has 0 atom stereocenters. The van der Waals surface area contributed by atoms with Crippen LogP contribution in [0.5, 0.6) is 5.75 Å². The molecule has 0 aliphatic carbocycles. The van der Waals surface area contributed by atoms with Gasteiger partial charge in [0.2, 0.25) is 5.91 Å². The Hall–Kier alpha value is -2.63. The van der Waals surface area contributed by atoms with Crippen molar-refractivity contribution in [3.63, 3.8) is 0 Å². The van der Waals surface area contributed by atoms with Crippen molar-refractivity contribution in [3.05, 3.63) is 58.1 Å². The van der Waals surface area contributed by atoms with Crippen molar-refractivity contribution in [1.29, 1.82) is 0 Å². The second-order valence-corrected chi connectivity index (χ2v) is 8.32. The summed E-state index contributed by atoms with van der Waals surface area (Å²) in [4.78, 5) is 14.2. The summed E-state index contributed by atoms with van der Waals surface area (Å²) in [5, 5.41) is 5.06. The first-order chi connectivity index (χ1) is 15.7. The van der Waals surface area contributed by atoms with E-state index in [0.717, 1.165) is 16.6 Å². The Balaban J connectivity index is 1.74. The van der Waals surface area contributed by atoms with Crippen molar-refractivity contribution in [2.75, 3.05) is 43.6 Å². The third-order valence-electron chi connectivity index (χ3n) is 4.77. The molecule has 2 aromatic carbocycles. The van der Waals surface area contributed by atoms with Crippen LogP contribution in [0.15, 0.2) is 46.9 Å². The molecule has 176 valence electrons. The van der Waals surface area contributed by atoms with Gasteiger partial charge in [-0.05, 0) is 54.7 Å². The minimum atomic E-state index is -4.52. The monoisotopic (exact) mass is 543 g/mol. The minimum Gasteiger partial charge on any atom is -0.496 e. The molecule has 1 fully saturated rings. The number of benzene rings is 2. The Kier molecular flexibility index (Phi) is 8.33. The summed E-state index contributed by atoms with van der Waals surface area (Å²) >= 11 is 8.53. The number of hydrogen-bond acceptors (Lipinski definition) is 5. The molecule has 0 bridgehead atoms. The smallest absolute Gasteiger partial charge is 0.416 e. The van der Waals surface area contributed by atoms with Crippen LogP contribution in [0.4, 0.5) is 24.5 Å². The van der Waals surface area contributed by atoms with Crippen LogP contribution < -0.4 is 20.3 Å². The van der Waals surface area contributed by atoms with Gasteiger partial charge < -0.3 is 19.7 Å². The summed E-state index contributed by atoms with van der Waals surface area (Å²) in [5.74, 6) is 0.0245. The van der Waals surface area contributed by atoms with E-state index in [4.69, 9.17) is 21.7 Å². The van der Waals surface area contributed by atoms with E-state index < -0.39 is 17.6 Å². The maximum absolute atomic E-state index is 13.3. The number of carbonyl (C=O) groups excluding carboxylic acids is 1. The van der Waals surface area contributed by atoms with E-state index in [-0.39, 0.29) is 10.8 Å². The fourth-order valence-corrected chi connectivity index (χ4v) is 3.79. The fourth-order valence-electron chi connectivity index (χ4n) is 3.20. The van der Waals surface area contributed by atoms with Gasteiger partial charge in [0.1, 0.15) is 5.75 Å². The molecule has 3 rings (SSSR count). The number of alkyl halides is 3. The average Bonchev–Trinajstić information content (AvgIpc) is 2.77. The first-order valence-electron chi connectivity index (χ1n) is 9.85. The Bertz CT molecular complexity index is 1060. The van der Waals surface area contributed by atoms with Gasteiger partial charge in [0, 0.05) is 29.2 Å². The number of methoxy groups -OCH3 is 1. The Morgan fingerprint density at radius 1 is 1.21 bits per heavy atom. The van der Waals surface area contributed by atoms with Crippen molar-refractivity contribution in [1.82, 2.24) is 5.32 Å². The number of carbonyl (C=O) groups is 1. The molecular formula is C22H21BrF3N3O3S. The van der Waals surface area contributed by atoms with Crippen molar-refractivity contribution in [2.24, 2.45) is 0 Å². The molecule has 0 spiro atoms. The first kappa shape index (κ1) is 25.0. The van der Waals surface area contributed by atoms with E-state index in [1.165, 1.54) is 19.3 Å². The summed E-state index contributed by atoms with van der Waals surface area (Å²) in [6.07, 6.45) is -1.71. The lowest BCUT2D eigenvalue weighted by atomic mass is 10.1. The number of rotatable bonds is 5. The number of amides is 1. The molecule has 1 aliphatic rings.